The first-order valence-corrected chi connectivity index (χ1v) is 7.84. The number of pyridine rings is 1. The van der Waals surface area contributed by atoms with Gasteiger partial charge in [0.2, 0.25) is 5.88 Å². The molecule has 6 heteroatoms. The number of esters is 1. The van der Waals surface area contributed by atoms with Crippen molar-refractivity contribution in [3.05, 3.63) is 83.8 Å². The maximum absolute atomic E-state index is 13.5. The van der Waals surface area contributed by atoms with Gasteiger partial charge < -0.3 is 14.2 Å². The van der Waals surface area contributed by atoms with Crippen LogP contribution < -0.4 is 9.47 Å². The average Bonchev–Trinajstić information content (AvgIpc) is 2.68. The molecule has 0 saturated carbocycles. The second kappa shape index (κ2) is 8.11. The number of methoxy groups -OCH3 is 1. The Bertz CT molecular complexity index is 882. The highest BCUT2D eigenvalue weighted by Crippen LogP contribution is 2.27. The van der Waals surface area contributed by atoms with Crippen LogP contribution in [0.3, 0.4) is 0 Å². The van der Waals surface area contributed by atoms with Gasteiger partial charge in [0, 0.05) is 12.1 Å². The summed E-state index contributed by atoms with van der Waals surface area (Å²) in [6.07, 6.45) is 1.44. The number of aromatic nitrogens is 1. The van der Waals surface area contributed by atoms with Crippen molar-refractivity contribution in [2.45, 2.75) is 6.61 Å². The number of carbonyl (C=O) groups excluding carboxylic acids is 1. The van der Waals surface area contributed by atoms with E-state index in [1.165, 1.54) is 19.4 Å². The van der Waals surface area contributed by atoms with Crippen LogP contribution >= 0.6 is 0 Å². The molecule has 0 aliphatic carbocycles. The molecule has 26 heavy (non-hydrogen) atoms. The Labute approximate surface area is 150 Å². The standard InChI is InChI=1S/C20H16FNO4/c1-24-20(23)17-9-7-15(21)11-18(17)26-16-8-10-19(22-12-16)25-13-14-5-3-2-4-6-14/h2-12H,13H2,1H3. The van der Waals surface area contributed by atoms with Gasteiger partial charge in [0.15, 0.2) is 0 Å². The zero-order valence-corrected chi connectivity index (χ0v) is 14.0. The summed E-state index contributed by atoms with van der Waals surface area (Å²) in [6.45, 7) is 0.393. The molecule has 132 valence electrons. The number of halogens is 1. The quantitative estimate of drug-likeness (QED) is 0.616. The lowest BCUT2D eigenvalue weighted by Crippen LogP contribution is -2.04. The molecule has 0 N–H and O–H groups in total. The van der Waals surface area contributed by atoms with Gasteiger partial charge in [-0.05, 0) is 23.8 Å². The summed E-state index contributed by atoms with van der Waals surface area (Å²) in [5, 5.41) is 0. The van der Waals surface area contributed by atoms with Crippen molar-refractivity contribution in [2.24, 2.45) is 0 Å². The molecule has 0 radical (unpaired) electrons. The lowest BCUT2D eigenvalue weighted by atomic mass is 10.2. The largest absolute Gasteiger partial charge is 0.473 e. The van der Waals surface area contributed by atoms with Crippen molar-refractivity contribution in [1.82, 2.24) is 4.98 Å². The Balaban J connectivity index is 1.70. The molecule has 0 atom stereocenters. The van der Waals surface area contributed by atoms with Gasteiger partial charge in [0.25, 0.3) is 0 Å². The van der Waals surface area contributed by atoms with Gasteiger partial charge in [-0.1, -0.05) is 30.3 Å². The van der Waals surface area contributed by atoms with E-state index in [-0.39, 0.29) is 11.3 Å². The first kappa shape index (κ1) is 17.4. The van der Waals surface area contributed by atoms with Crippen LogP contribution in [0.1, 0.15) is 15.9 Å². The minimum atomic E-state index is -0.615. The maximum atomic E-state index is 13.5. The number of ether oxygens (including phenoxy) is 3. The Hall–Kier alpha value is -3.41. The molecule has 0 bridgehead atoms. The second-order valence-electron chi connectivity index (χ2n) is 5.34. The fourth-order valence-electron chi connectivity index (χ4n) is 2.23. The van der Waals surface area contributed by atoms with Crippen molar-refractivity contribution >= 4 is 5.97 Å². The van der Waals surface area contributed by atoms with Gasteiger partial charge in [0.1, 0.15) is 29.5 Å². The summed E-state index contributed by atoms with van der Waals surface area (Å²) in [6, 6.07) is 16.6. The van der Waals surface area contributed by atoms with E-state index in [4.69, 9.17) is 9.47 Å². The molecule has 1 heterocycles. The maximum Gasteiger partial charge on any atom is 0.341 e. The smallest absolute Gasteiger partial charge is 0.341 e. The van der Waals surface area contributed by atoms with E-state index >= 15 is 0 Å². The number of benzene rings is 2. The molecule has 0 aliphatic rings. The van der Waals surface area contributed by atoms with Gasteiger partial charge in [-0.2, -0.15) is 0 Å². The highest BCUT2D eigenvalue weighted by Gasteiger charge is 2.15. The molecule has 0 spiro atoms. The Morgan fingerprint density at radius 2 is 1.88 bits per heavy atom. The molecule has 0 fully saturated rings. The van der Waals surface area contributed by atoms with Gasteiger partial charge >= 0.3 is 5.97 Å². The number of nitrogens with zero attached hydrogens (tertiary/aromatic N) is 1. The molecule has 3 rings (SSSR count). The second-order valence-corrected chi connectivity index (χ2v) is 5.34. The van der Waals surface area contributed by atoms with Crippen LogP contribution in [-0.2, 0) is 11.3 Å². The Kier molecular flexibility index (Phi) is 5.43. The molecule has 2 aromatic carbocycles. The third-order valence-corrected chi connectivity index (χ3v) is 3.52. The zero-order valence-electron chi connectivity index (χ0n) is 14.0. The molecule has 5 nitrogen and oxygen atoms in total. The van der Waals surface area contributed by atoms with E-state index in [0.717, 1.165) is 17.7 Å². The van der Waals surface area contributed by atoms with Gasteiger partial charge in [-0.15, -0.1) is 0 Å². The average molecular weight is 353 g/mol. The van der Waals surface area contributed by atoms with Gasteiger partial charge in [-0.3, -0.25) is 0 Å². The number of hydrogen-bond donors (Lipinski definition) is 0. The van der Waals surface area contributed by atoms with Crippen LogP contribution in [0, 0.1) is 5.82 Å². The summed E-state index contributed by atoms with van der Waals surface area (Å²) in [5.74, 6) is -0.322. The number of carbonyl (C=O) groups is 1. The van der Waals surface area contributed by atoms with Crippen molar-refractivity contribution in [1.29, 1.82) is 0 Å². The molecule has 0 amide bonds. The zero-order chi connectivity index (χ0) is 18.4. The Morgan fingerprint density at radius 1 is 1.08 bits per heavy atom. The van der Waals surface area contributed by atoms with Crippen LogP contribution in [-0.4, -0.2) is 18.1 Å². The number of rotatable bonds is 6. The number of hydrogen-bond acceptors (Lipinski definition) is 5. The van der Waals surface area contributed by atoms with Crippen molar-refractivity contribution in [3.8, 4) is 17.4 Å². The first-order chi connectivity index (χ1) is 12.7. The fraction of sp³-hybridized carbons (Fsp3) is 0.100. The van der Waals surface area contributed by atoms with E-state index in [2.05, 4.69) is 9.72 Å². The van der Waals surface area contributed by atoms with Gasteiger partial charge in [0.05, 0.1) is 13.3 Å². The lowest BCUT2D eigenvalue weighted by molar-refractivity contribution is 0.0598. The molecule has 3 aromatic rings. The van der Waals surface area contributed by atoms with E-state index in [9.17, 15) is 9.18 Å². The summed E-state index contributed by atoms with van der Waals surface area (Å²) in [5.41, 5.74) is 1.15. The van der Waals surface area contributed by atoms with Crippen LogP contribution in [0.2, 0.25) is 0 Å². The summed E-state index contributed by atoms with van der Waals surface area (Å²) < 4.78 is 29.3. The predicted molar refractivity (Wildman–Crippen MR) is 92.8 cm³/mol. The van der Waals surface area contributed by atoms with Crippen LogP contribution in [0.15, 0.2) is 66.9 Å². The van der Waals surface area contributed by atoms with Crippen LogP contribution in [0.5, 0.6) is 17.4 Å². The molecule has 0 saturated heterocycles. The summed E-state index contributed by atoms with van der Waals surface area (Å²) in [4.78, 5) is 15.9. The lowest BCUT2D eigenvalue weighted by Gasteiger charge is -2.10. The minimum Gasteiger partial charge on any atom is -0.473 e. The molecule has 1 aromatic heterocycles. The van der Waals surface area contributed by atoms with Crippen molar-refractivity contribution in [3.63, 3.8) is 0 Å². The SMILES string of the molecule is COC(=O)c1ccc(F)cc1Oc1ccc(OCc2ccccc2)nc1. The van der Waals surface area contributed by atoms with Crippen LogP contribution in [0.4, 0.5) is 4.39 Å². The Morgan fingerprint density at radius 3 is 2.58 bits per heavy atom. The van der Waals surface area contributed by atoms with Gasteiger partial charge in [-0.25, -0.2) is 14.2 Å². The normalized spacial score (nSPS) is 10.2. The minimum absolute atomic E-state index is 0.0524. The summed E-state index contributed by atoms with van der Waals surface area (Å²) >= 11 is 0. The van der Waals surface area contributed by atoms with E-state index < -0.39 is 11.8 Å². The molecular weight excluding hydrogens is 337 g/mol. The van der Waals surface area contributed by atoms with Crippen molar-refractivity contribution < 1.29 is 23.4 Å². The fourth-order valence-corrected chi connectivity index (χ4v) is 2.23. The van der Waals surface area contributed by atoms with Crippen LogP contribution in [0.25, 0.3) is 0 Å². The van der Waals surface area contributed by atoms with E-state index in [1.54, 1.807) is 12.1 Å². The predicted octanol–water partition coefficient (Wildman–Crippen LogP) is 4.38. The topological polar surface area (TPSA) is 57.7 Å². The van der Waals surface area contributed by atoms with Crippen molar-refractivity contribution in [2.75, 3.05) is 7.11 Å². The highest BCUT2D eigenvalue weighted by molar-refractivity contribution is 5.92. The molecule has 0 unspecified atom stereocenters. The third-order valence-electron chi connectivity index (χ3n) is 3.52. The van der Waals surface area contributed by atoms with E-state index in [1.807, 2.05) is 30.3 Å². The highest BCUT2D eigenvalue weighted by atomic mass is 19.1. The summed E-state index contributed by atoms with van der Waals surface area (Å²) in [7, 11) is 1.25. The first-order valence-electron chi connectivity index (χ1n) is 7.84. The molecular formula is C20H16FNO4. The monoisotopic (exact) mass is 353 g/mol. The van der Waals surface area contributed by atoms with E-state index in [0.29, 0.717) is 18.2 Å². The third kappa shape index (κ3) is 4.36. The molecule has 0 aliphatic heterocycles.